The molecular weight excluding hydrogens is 145 g/mol. The van der Waals surface area contributed by atoms with E-state index in [0.29, 0.717) is 0 Å². The molecule has 6 heteroatoms. The van der Waals surface area contributed by atoms with E-state index in [9.17, 15) is 4.57 Å². The van der Waals surface area contributed by atoms with Gasteiger partial charge in [-0.1, -0.05) is 0 Å². The third kappa shape index (κ3) is 5.95. The molecule has 0 aromatic heterocycles. The topological polar surface area (TPSA) is 104 Å². The Hall–Kier alpha value is 0.0700. The molecule has 1 atom stereocenters. The first-order valence-electron chi connectivity index (χ1n) is 2.38. The highest BCUT2D eigenvalue weighted by Crippen LogP contribution is 2.34. The van der Waals surface area contributed by atoms with Crippen molar-refractivity contribution in [1.29, 1.82) is 0 Å². The number of rotatable bonds is 3. The van der Waals surface area contributed by atoms with Crippen molar-refractivity contribution in [3.63, 3.8) is 0 Å². The number of hydrogen-bond donors (Lipinski definition) is 4. The Morgan fingerprint density at radius 2 is 2.00 bits per heavy atom. The molecule has 9 heavy (non-hydrogen) atoms. The van der Waals surface area contributed by atoms with E-state index >= 15 is 0 Å². The molecular formula is C3H10NO4P. The minimum atomic E-state index is -4.07. The first-order chi connectivity index (χ1) is 3.95. The van der Waals surface area contributed by atoms with Crippen molar-refractivity contribution in [3.05, 3.63) is 0 Å². The van der Waals surface area contributed by atoms with Crippen molar-refractivity contribution in [1.82, 2.24) is 0 Å². The van der Waals surface area contributed by atoms with Gasteiger partial charge in [0.05, 0.1) is 12.3 Å². The third-order valence-corrected chi connectivity index (χ3v) is 1.62. The summed E-state index contributed by atoms with van der Waals surface area (Å²) in [7, 11) is -4.07. The van der Waals surface area contributed by atoms with Crippen LogP contribution in [0.15, 0.2) is 0 Å². The van der Waals surface area contributed by atoms with Crippen molar-refractivity contribution in [3.8, 4) is 0 Å². The van der Waals surface area contributed by atoms with Crippen LogP contribution in [0.4, 0.5) is 0 Å². The summed E-state index contributed by atoms with van der Waals surface area (Å²) in [4.78, 5) is 16.4. The molecule has 0 rings (SSSR count). The summed E-state index contributed by atoms with van der Waals surface area (Å²) in [5.74, 6) is 0. The lowest BCUT2D eigenvalue weighted by molar-refractivity contribution is 0.196. The van der Waals surface area contributed by atoms with E-state index in [1.165, 1.54) is 0 Å². The van der Waals surface area contributed by atoms with Crippen molar-refractivity contribution in [2.24, 2.45) is 5.73 Å². The summed E-state index contributed by atoms with van der Waals surface area (Å²) in [5.41, 5.74) is 4.89. The second-order valence-corrected chi connectivity index (χ2v) is 3.43. The lowest BCUT2D eigenvalue weighted by atomic mass is 10.4. The smallest absolute Gasteiger partial charge is 0.328 e. The lowest BCUT2D eigenvalue weighted by Crippen LogP contribution is -2.23. The van der Waals surface area contributed by atoms with Crippen molar-refractivity contribution >= 4 is 7.60 Å². The van der Waals surface area contributed by atoms with Gasteiger partial charge in [0.25, 0.3) is 0 Å². The Balaban J connectivity index is 3.60. The van der Waals surface area contributed by atoms with Crippen LogP contribution in [0.5, 0.6) is 0 Å². The van der Waals surface area contributed by atoms with Crippen LogP contribution < -0.4 is 5.73 Å². The number of nitrogens with two attached hydrogens (primary N) is 1. The van der Waals surface area contributed by atoms with E-state index in [-0.39, 0.29) is 6.54 Å². The van der Waals surface area contributed by atoms with Gasteiger partial charge in [0.15, 0.2) is 0 Å². The van der Waals surface area contributed by atoms with Gasteiger partial charge in [0.2, 0.25) is 0 Å². The molecule has 0 aliphatic heterocycles. The van der Waals surface area contributed by atoms with Crippen LogP contribution in [0.25, 0.3) is 0 Å². The van der Waals surface area contributed by atoms with Crippen LogP contribution in [0.3, 0.4) is 0 Å². The monoisotopic (exact) mass is 155 g/mol. The molecule has 0 saturated heterocycles. The summed E-state index contributed by atoms with van der Waals surface area (Å²) in [6, 6.07) is 0. The predicted molar refractivity (Wildman–Crippen MR) is 32.0 cm³/mol. The zero-order chi connectivity index (χ0) is 7.49. The van der Waals surface area contributed by atoms with Gasteiger partial charge < -0.3 is 20.6 Å². The summed E-state index contributed by atoms with van der Waals surface area (Å²) in [5, 5.41) is 8.58. The fraction of sp³-hybridized carbons (Fsp3) is 1.00. The fourth-order valence-corrected chi connectivity index (χ4v) is 1.05. The minimum Gasteiger partial charge on any atom is -0.391 e. The van der Waals surface area contributed by atoms with Gasteiger partial charge >= 0.3 is 7.60 Å². The van der Waals surface area contributed by atoms with Crippen LogP contribution in [0.2, 0.25) is 0 Å². The molecule has 0 aliphatic carbocycles. The van der Waals surface area contributed by atoms with E-state index in [1.54, 1.807) is 0 Å². The maximum Gasteiger partial charge on any atom is 0.328 e. The van der Waals surface area contributed by atoms with E-state index in [0.717, 1.165) is 0 Å². The molecule has 0 fully saturated rings. The quantitative estimate of drug-likeness (QED) is 0.371. The zero-order valence-electron chi connectivity index (χ0n) is 4.77. The molecule has 0 saturated carbocycles. The van der Waals surface area contributed by atoms with Crippen molar-refractivity contribution in [2.45, 2.75) is 6.10 Å². The summed E-state index contributed by atoms with van der Waals surface area (Å²) in [6.45, 7) is -0.120. The molecule has 0 radical (unpaired) electrons. The Bertz CT molecular complexity index is 121. The first kappa shape index (κ1) is 9.07. The van der Waals surface area contributed by atoms with Crippen molar-refractivity contribution in [2.75, 3.05) is 12.7 Å². The molecule has 0 aliphatic rings. The van der Waals surface area contributed by atoms with Crippen LogP contribution in [0, 0.1) is 0 Å². The highest BCUT2D eigenvalue weighted by molar-refractivity contribution is 7.51. The van der Waals surface area contributed by atoms with Crippen LogP contribution >= 0.6 is 7.60 Å². The molecule has 0 bridgehead atoms. The largest absolute Gasteiger partial charge is 0.391 e. The molecule has 56 valence electrons. The third-order valence-electron chi connectivity index (χ3n) is 0.721. The zero-order valence-corrected chi connectivity index (χ0v) is 5.66. The van der Waals surface area contributed by atoms with Crippen LogP contribution in [-0.2, 0) is 4.57 Å². The highest BCUT2D eigenvalue weighted by Gasteiger charge is 2.17. The van der Waals surface area contributed by atoms with Gasteiger partial charge in [0, 0.05) is 6.54 Å². The van der Waals surface area contributed by atoms with Gasteiger partial charge in [-0.2, -0.15) is 0 Å². The molecule has 0 spiro atoms. The van der Waals surface area contributed by atoms with Gasteiger partial charge in [-0.3, -0.25) is 4.57 Å². The molecule has 1 unspecified atom stereocenters. The SMILES string of the molecule is NCC(O)CP(=O)(O)O. The lowest BCUT2D eigenvalue weighted by Gasteiger charge is -2.07. The van der Waals surface area contributed by atoms with E-state index in [1.807, 2.05) is 0 Å². The Morgan fingerprint density at radius 1 is 1.56 bits per heavy atom. The van der Waals surface area contributed by atoms with Gasteiger partial charge in [-0.25, -0.2) is 0 Å². The first-order valence-corrected chi connectivity index (χ1v) is 4.18. The predicted octanol–water partition coefficient (Wildman–Crippen LogP) is -1.52. The maximum absolute atomic E-state index is 10.1. The minimum absolute atomic E-state index is 0.120. The van der Waals surface area contributed by atoms with Gasteiger partial charge in [-0.15, -0.1) is 0 Å². The number of aliphatic hydroxyl groups is 1. The Kier molecular flexibility index (Phi) is 3.32. The summed E-state index contributed by atoms with van der Waals surface area (Å²) < 4.78 is 10.1. The molecule has 0 amide bonds. The molecule has 0 aromatic rings. The molecule has 0 heterocycles. The summed E-state index contributed by atoms with van der Waals surface area (Å²) in [6.07, 6.45) is -1.64. The normalized spacial score (nSPS) is 15.6. The van der Waals surface area contributed by atoms with Gasteiger partial charge in [0.1, 0.15) is 0 Å². The van der Waals surface area contributed by atoms with Crippen LogP contribution in [0.1, 0.15) is 0 Å². The second-order valence-electron chi connectivity index (χ2n) is 1.74. The average molecular weight is 155 g/mol. The molecule has 5 N–H and O–H groups in total. The van der Waals surface area contributed by atoms with E-state index in [4.69, 9.17) is 20.6 Å². The number of aliphatic hydroxyl groups excluding tert-OH is 1. The summed E-state index contributed by atoms with van der Waals surface area (Å²) >= 11 is 0. The molecule has 5 nitrogen and oxygen atoms in total. The number of hydrogen-bond acceptors (Lipinski definition) is 3. The fourth-order valence-electron chi connectivity index (χ4n) is 0.349. The van der Waals surface area contributed by atoms with E-state index in [2.05, 4.69) is 0 Å². The van der Waals surface area contributed by atoms with Gasteiger partial charge in [-0.05, 0) is 0 Å². The standard InChI is InChI=1S/C3H10NO4P/c4-1-3(5)2-9(6,7)8/h3,5H,1-2,4H2,(H2,6,7,8). The molecule has 0 aromatic carbocycles. The second kappa shape index (κ2) is 3.29. The average Bonchev–Trinajstić information content (AvgIpc) is 1.62. The highest BCUT2D eigenvalue weighted by atomic mass is 31.2. The van der Waals surface area contributed by atoms with E-state index < -0.39 is 19.9 Å². The Morgan fingerprint density at radius 3 is 2.11 bits per heavy atom. The Labute approximate surface area is 52.7 Å². The van der Waals surface area contributed by atoms with Crippen molar-refractivity contribution < 1.29 is 19.5 Å². The van der Waals surface area contributed by atoms with Crippen LogP contribution in [-0.4, -0.2) is 33.7 Å². The maximum atomic E-state index is 10.1.